The van der Waals surface area contributed by atoms with Gasteiger partial charge < -0.3 is 11.2 Å². The van der Waals surface area contributed by atoms with Crippen LogP contribution >= 0.6 is 0 Å². The summed E-state index contributed by atoms with van der Waals surface area (Å²) in [4.78, 5) is 10.9. The number of nitrogens with zero attached hydrogens (tertiary/aromatic N) is 1. The van der Waals surface area contributed by atoms with Crippen molar-refractivity contribution in [3.63, 3.8) is 0 Å². The van der Waals surface area contributed by atoms with Gasteiger partial charge in [-0.05, 0) is 12.1 Å². The standard InChI is InChI=1S/C8H11N3O/c9-8(12)6-4-7-2-1-3-11(7)10-5-6/h1-3,6,10H,4-5H2,(H2,9,12). The first-order valence-electron chi connectivity index (χ1n) is 3.97. The number of carbonyl (C=O) groups excluding carboxylic acids is 1. The van der Waals surface area contributed by atoms with Crippen LogP contribution in [0.1, 0.15) is 5.69 Å². The Morgan fingerprint density at radius 1 is 1.75 bits per heavy atom. The molecule has 1 amide bonds. The minimum absolute atomic E-state index is 0.0626. The van der Waals surface area contributed by atoms with E-state index in [-0.39, 0.29) is 11.8 Å². The molecular weight excluding hydrogens is 154 g/mol. The number of aromatic nitrogens is 1. The number of rotatable bonds is 1. The number of amides is 1. The lowest BCUT2D eigenvalue weighted by molar-refractivity contribution is -0.121. The van der Waals surface area contributed by atoms with Crippen molar-refractivity contribution in [2.75, 3.05) is 12.0 Å². The molecule has 64 valence electrons. The zero-order valence-electron chi connectivity index (χ0n) is 6.66. The highest BCUT2D eigenvalue weighted by atomic mass is 16.1. The van der Waals surface area contributed by atoms with Crippen molar-refractivity contribution in [1.29, 1.82) is 0 Å². The molecule has 0 aromatic carbocycles. The molecule has 0 saturated heterocycles. The second-order valence-corrected chi connectivity index (χ2v) is 3.04. The quantitative estimate of drug-likeness (QED) is 0.599. The van der Waals surface area contributed by atoms with Gasteiger partial charge >= 0.3 is 0 Å². The molecule has 1 aliphatic heterocycles. The van der Waals surface area contributed by atoms with Crippen LogP contribution in [-0.4, -0.2) is 17.1 Å². The van der Waals surface area contributed by atoms with Crippen molar-refractivity contribution in [1.82, 2.24) is 4.68 Å². The highest BCUT2D eigenvalue weighted by Gasteiger charge is 2.21. The third-order valence-corrected chi connectivity index (χ3v) is 2.20. The van der Waals surface area contributed by atoms with Crippen LogP contribution in [0, 0.1) is 5.92 Å². The number of fused-ring (bicyclic) bond motifs is 1. The maximum atomic E-state index is 10.9. The molecule has 0 fully saturated rings. The summed E-state index contributed by atoms with van der Waals surface area (Å²) in [5.41, 5.74) is 9.41. The first-order valence-corrected chi connectivity index (χ1v) is 3.97. The molecule has 4 nitrogen and oxygen atoms in total. The highest BCUT2D eigenvalue weighted by molar-refractivity contribution is 5.77. The number of hydrogen-bond donors (Lipinski definition) is 2. The molecule has 0 saturated carbocycles. The van der Waals surface area contributed by atoms with Gasteiger partial charge in [-0.25, -0.2) is 0 Å². The molecule has 2 heterocycles. The predicted molar refractivity (Wildman–Crippen MR) is 45.0 cm³/mol. The summed E-state index contributed by atoms with van der Waals surface area (Å²) >= 11 is 0. The van der Waals surface area contributed by atoms with Crippen molar-refractivity contribution < 1.29 is 4.79 Å². The van der Waals surface area contributed by atoms with E-state index in [1.165, 1.54) is 0 Å². The Morgan fingerprint density at radius 2 is 2.58 bits per heavy atom. The van der Waals surface area contributed by atoms with E-state index in [0.717, 1.165) is 12.1 Å². The molecule has 4 heteroatoms. The summed E-state index contributed by atoms with van der Waals surface area (Å²) in [6.45, 7) is 0.636. The van der Waals surface area contributed by atoms with E-state index >= 15 is 0 Å². The Labute approximate surface area is 70.3 Å². The largest absolute Gasteiger partial charge is 0.369 e. The third kappa shape index (κ3) is 1.05. The Bertz CT molecular complexity index is 305. The van der Waals surface area contributed by atoms with Gasteiger partial charge in [0, 0.05) is 24.9 Å². The third-order valence-electron chi connectivity index (χ3n) is 2.20. The summed E-state index contributed by atoms with van der Waals surface area (Å²) in [6, 6.07) is 3.94. The van der Waals surface area contributed by atoms with Crippen LogP contribution in [0.15, 0.2) is 18.3 Å². The molecule has 0 aliphatic carbocycles. The molecule has 1 unspecified atom stereocenters. The summed E-state index contributed by atoms with van der Waals surface area (Å²) < 4.78 is 1.93. The Kier molecular flexibility index (Phi) is 1.53. The maximum absolute atomic E-state index is 10.9. The second kappa shape index (κ2) is 2.55. The van der Waals surface area contributed by atoms with Gasteiger partial charge in [-0.15, -0.1) is 0 Å². The molecule has 0 radical (unpaired) electrons. The zero-order chi connectivity index (χ0) is 8.55. The van der Waals surface area contributed by atoms with Crippen LogP contribution in [0.3, 0.4) is 0 Å². The van der Waals surface area contributed by atoms with Crippen LogP contribution < -0.4 is 11.2 Å². The Morgan fingerprint density at radius 3 is 3.33 bits per heavy atom. The van der Waals surface area contributed by atoms with Crippen molar-refractivity contribution in [2.45, 2.75) is 6.42 Å². The van der Waals surface area contributed by atoms with Gasteiger partial charge in [-0.2, -0.15) is 0 Å². The molecule has 2 rings (SSSR count). The van der Waals surface area contributed by atoms with E-state index in [2.05, 4.69) is 5.43 Å². The van der Waals surface area contributed by atoms with E-state index in [0.29, 0.717) is 6.54 Å². The first kappa shape index (κ1) is 7.21. The van der Waals surface area contributed by atoms with Crippen LogP contribution in [0.4, 0.5) is 0 Å². The predicted octanol–water partition coefficient (Wildman–Crippen LogP) is -0.311. The van der Waals surface area contributed by atoms with Crippen molar-refractivity contribution >= 4 is 5.91 Å². The van der Waals surface area contributed by atoms with Gasteiger partial charge in [0.25, 0.3) is 0 Å². The zero-order valence-corrected chi connectivity index (χ0v) is 6.66. The average Bonchev–Trinajstić information content (AvgIpc) is 2.49. The highest BCUT2D eigenvalue weighted by Crippen LogP contribution is 2.13. The van der Waals surface area contributed by atoms with Gasteiger partial charge in [0.15, 0.2) is 0 Å². The monoisotopic (exact) mass is 165 g/mol. The molecule has 3 N–H and O–H groups in total. The normalized spacial score (nSPS) is 21.2. The molecular formula is C8H11N3O. The minimum atomic E-state index is -0.227. The topological polar surface area (TPSA) is 60.1 Å². The van der Waals surface area contributed by atoms with Crippen LogP contribution in [0.2, 0.25) is 0 Å². The summed E-state index contributed by atoms with van der Waals surface area (Å²) in [7, 11) is 0. The van der Waals surface area contributed by atoms with E-state index < -0.39 is 0 Å². The number of hydrogen-bond acceptors (Lipinski definition) is 2. The Hall–Kier alpha value is -1.45. The minimum Gasteiger partial charge on any atom is -0.369 e. The lowest BCUT2D eigenvalue weighted by Gasteiger charge is -2.23. The Balaban J connectivity index is 2.20. The van der Waals surface area contributed by atoms with Crippen molar-refractivity contribution in [3.8, 4) is 0 Å². The lowest BCUT2D eigenvalue weighted by atomic mass is 10.0. The fourth-order valence-corrected chi connectivity index (χ4v) is 1.47. The van der Waals surface area contributed by atoms with E-state index in [1.54, 1.807) is 0 Å². The molecule has 1 aromatic heterocycles. The molecule has 1 aromatic rings. The molecule has 1 aliphatic rings. The lowest BCUT2D eigenvalue weighted by Crippen LogP contribution is -2.38. The van der Waals surface area contributed by atoms with Gasteiger partial charge in [0.2, 0.25) is 5.91 Å². The molecule has 12 heavy (non-hydrogen) atoms. The molecule has 0 bridgehead atoms. The SMILES string of the molecule is NC(=O)C1CNn2cccc2C1. The molecule has 1 atom stereocenters. The van der Waals surface area contributed by atoms with Crippen LogP contribution in [0.25, 0.3) is 0 Å². The van der Waals surface area contributed by atoms with Crippen LogP contribution in [-0.2, 0) is 11.2 Å². The van der Waals surface area contributed by atoms with Gasteiger partial charge in [0.05, 0.1) is 5.92 Å². The average molecular weight is 165 g/mol. The summed E-state index contributed by atoms with van der Waals surface area (Å²) in [5, 5.41) is 0. The summed E-state index contributed by atoms with van der Waals surface area (Å²) in [6.07, 6.45) is 2.68. The van der Waals surface area contributed by atoms with Crippen molar-refractivity contribution in [2.24, 2.45) is 11.7 Å². The number of nitrogens with two attached hydrogens (primary N) is 1. The summed E-state index contributed by atoms with van der Waals surface area (Å²) in [5.74, 6) is -0.289. The van der Waals surface area contributed by atoms with E-state index in [1.807, 2.05) is 23.0 Å². The fraction of sp³-hybridized carbons (Fsp3) is 0.375. The number of primary amides is 1. The molecule has 0 spiro atoms. The maximum Gasteiger partial charge on any atom is 0.222 e. The van der Waals surface area contributed by atoms with Gasteiger partial charge in [-0.3, -0.25) is 9.47 Å². The van der Waals surface area contributed by atoms with Crippen LogP contribution in [0.5, 0.6) is 0 Å². The number of nitrogens with one attached hydrogen (secondary N) is 1. The van der Waals surface area contributed by atoms with Gasteiger partial charge in [-0.1, -0.05) is 0 Å². The van der Waals surface area contributed by atoms with Gasteiger partial charge in [0.1, 0.15) is 0 Å². The van der Waals surface area contributed by atoms with Crippen molar-refractivity contribution in [3.05, 3.63) is 24.0 Å². The number of carbonyl (C=O) groups is 1. The smallest absolute Gasteiger partial charge is 0.222 e. The second-order valence-electron chi connectivity index (χ2n) is 3.04. The van der Waals surface area contributed by atoms with E-state index in [9.17, 15) is 4.79 Å². The first-order chi connectivity index (χ1) is 5.77. The fourth-order valence-electron chi connectivity index (χ4n) is 1.47. The van der Waals surface area contributed by atoms with E-state index in [4.69, 9.17) is 5.73 Å².